The first-order valence-electron chi connectivity index (χ1n) is 7.61. The quantitative estimate of drug-likeness (QED) is 0.771. The lowest BCUT2D eigenvalue weighted by molar-refractivity contribution is 0.339. The third kappa shape index (κ3) is 4.24. The topological polar surface area (TPSA) is 21.3 Å². The summed E-state index contributed by atoms with van der Waals surface area (Å²) >= 11 is 0. The Balaban J connectivity index is 2.00. The van der Waals surface area contributed by atoms with Crippen molar-refractivity contribution in [1.29, 1.82) is 0 Å². The Hall–Kier alpha value is -1.02. The second-order valence-corrected chi connectivity index (χ2v) is 5.81. The number of ether oxygens (including phenoxy) is 1. The molecule has 0 aliphatic heterocycles. The van der Waals surface area contributed by atoms with Crippen LogP contribution in [0, 0.1) is 11.8 Å². The van der Waals surface area contributed by atoms with Gasteiger partial charge in [0.1, 0.15) is 5.75 Å². The lowest BCUT2D eigenvalue weighted by atomic mass is 9.91. The van der Waals surface area contributed by atoms with Crippen LogP contribution >= 0.6 is 0 Å². The molecule has 2 atom stereocenters. The molecule has 0 radical (unpaired) electrons. The molecular weight excluding hydrogens is 234 g/mol. The summed E-state index contributed by atoms with van der Waals surface area (Å²) in [5.41, 5.74) is 1.38. The summed E-state index contributed by atoms with van der Waals surface area (Å²) in [6.07, 6.45) is 5.15. The van der Waals surface area contributed by atoms with Gasteiger partial charge in [-0.3, -0.25) is 0 Å². The van der Waals surface area contributed by atoms with E-state index in [0.29, 0.717) is 6.04 Å². The first-order chi connectivity index (χ1) is 9.24. The van der Waals surface area contributed by atoms with Crippen molar-refractivity contribution < 1.29 is 4.74 Å². The summed E-state index contributed by atoms with van der Waals surface area (Å²) in [5, 5.41) is 3.74. The van der Waals surface area contributed by atoms with Gasteiger partial charge in [0.25, 0.3) is 0 Å². The Bertz CT molecular complexity index is 387. The first-order valence-corrected chi connectivity index (χ1v) is 7.61. The number of nitrogens with one attached hydrogen (secondary N) is 1. The van der Waals surface area contributed by atoms with Crippen LogP contribution in [0.25, 0.3) is 0 Å². The van der Waals surface area contributed by atoms with Gasteiger partial charge in [0, 0.05) is 6.04 Å². The molecule has 0 bridgehead atoms. The van der Waals surface area contributed by atoms with Gasteiger partial charge in [-0.2, -0.15) is 0 Å². The van der Waals surface area contributed by atoms with Gasteiger partial charge in [0.05, 0.1) is 7.11 Å². The largest absolute Gasteiger partial charge is 0.497 e. The van der Waals surface area contributed by atoms with Gasteiger partial charge in [0.2, 0.25) is 0 Å². The molecule has 0 heterocycles. The molecule has 2 rings (SSSR count). The van der Waals surface area contributed by atoms with Gasteiger partial charge in [-0.05, 0) is 61.8 Å². The third-order valence-electron chi connectivity index (χ3n) is 4.25. The average molecular weight is 261 g/mol. The number of methoxy groups -OCH3 is 1. The summed E-state index contributed by atoms with van der Waals surface area (Å²) in [7, 11) is 1.73. The van der Waals surface area contributed by atoms with E-state index in [1.165, 1.54) is 24.8 Å². The van der Waals surface area contributed by atoms with Crippen LogP contribution in [0.2, 0.25) is 0 Å². The molecule has 1 aromatic rings. The maximum atomic E-state index is 5.32. The van der Waals surface area contributed by atoms with Crippen molar-refractivity contribution in [2.24, 2.45) is 11.8 Å². The van der Waals surface area contributed by atoms with Gasteiger partial charge in [0.15, 0.2) is 0 Å². The second kappa shape index (κ2) is 6.95. The predicted octanol–water partition coefficient (Wildman–Crippen LogP) is 3.65. The second-order valence-electron chi connectivity index (χ2n) is 5.81. The predicted molar refractivity (Wildman–Crippen MR) is 80.7 cm³/mol. The Morgan fingerprint density at radius 3 is 2.79 bits per heavy atom. The zero-order valence-electron chi connectivity index (χ0n) is 12.5. The van der Waals surface area contributed by atoms with E-state index in [1.807, 2.05) is 6.07 Å². The van der Waals surface area contributed by atoms with E-state index < -0.39 is 0 Å². The molecule has 2 nitrogen and oxygen atoms in total. The minimum Gasteiger partial charge on any atom is -0.497 e. The van der Waals surface area contributed by atoms with Crippen molar-refractivity contribution >= 4 is 0 Å². The summed E-state index contributed by atoms with van der Waals surface area (Å²) in [6.45, 7) is 5.76. The molecule has 2 unspecified atom stereocenters. The van der Waals surface area contributed by atoms with E-state index in [9.17, 15) is 0 Å². The third-order valence-corrected chi connectivity index (χ3v) is 4.25. The zero-order valence-corrected chi connectivity index (χ0v) is 12.5. The maximum Gasteiger partial charge on any atom is 0.119 e. The maximum absolute atomic E-state index is 5.32. The fourth-order valence-corrected chi connectivity index (χ4v) is 2.78. The molecule has 1 aliphatic carbocycles. The Kier molecular flexibility index (Phi) is 5.26. The molecular formula is C17H27NO. The molecule has 1 fully saturated rings. The van der Waals surface area contributed by atoms with Crippen LogP contribution in [0.3, 0.4) is 0 Å². The number of benzene rings is 1. The molecule has 1 aliphatic rings. The molecule has 0 saturated heterocycles. The molecule has 0 amide bonds. The highest BCUT2D eigenvalue weighted by Gasteiger charge is 2.32. The fourth-order valence-electron chi connectivity index (χ4n) is 2.78. The molecule has 1 N–H and O–H groups in total. The van der Waals surface area contributed by atoms with Crippen molar-refractivity contribution in [2.45, 2.75) is 45.6 Å². The Morgan fingerprint density at radius 1 is 1.37 bits per heavy atom. The molecule has 1 saturated carbocycles. The molecule has 0 aromatic heterocycles. The monoisotopic (exact) mass is 261 g/mol. The highest BCUT2D eigenvalue weighted by atomic mass is 16.5. The summed E-state index contributed by atoms with van der Waals surface area (Å²) in [5.74, 6) is 2.68. The van der Waals surface area contributed by atoms with E-state index in [2.05, 4.69) is 37.4 Å². The highest BCUT2D eigenvalue weighted by Crippen LogP contribution is 2.38. The fraction of sp³-hybridized carbons (Fsp3) is 0.647. The molecule has 19 heavy (non-hydrogen) atoms. The smallest absolute Gasteiger partial charge is 0.119 e. The van der Waals surface area contributed by atoms with E-state index in [4.69, 9.17) is 4.74 Å². The van der Waals surface area contributed by atoms with Crippen molar-refractivity contribution in [1.82, 2.24) is 5.32 Å². The van der Waals surface area contributed by atoms with E-state index in [-0.39, 0.29) is 0 Å². The average Bonchev–Trinajstić information content (AvgIpc) is 3.27. The molecule has 1 aromatic carbocycles. The van der Waals surface area contributed by atoms with Crippen molar-refractivity contribution in [3.05, 3.63) is 29.8 Å². The number of hydrogen-bond acceptors (Lipinski definition) is 2. The minimum absolute atomic E-state index is 0.597. The van der Waals surface area contributed by atoms with E-state index in [1.54, 1.807) is 7.11 Å². The van der Waals surface area contributed by atoms with Gasteiger partial charge < -0.3 is 10.1 Å². The lowest BCUT2D eigenvalue weighted by Crippen LogP contribution is -2.38. The molecule has 2 heteroatoms. The normalized spacial score (nSPS) is 18.1. The standard InChI is InChI=1S/C17H27NO/c1-4-10-18-17(13(2)15-8-9-15)12-14-6-5-7-16(11-14)19-3/h5-7,11,13,15,17-18H,4,8-10,12H2,1-3H3. The Morgan fingerprint density at radius 2 is 2.16 bits per heavy atom. The van der Waals surface area contributed by atoms with Crippen LogP contribution in [-0.4, -0.2) is 19.7 Å². The van der Waals surface area contributed by atoms with Crippen LogP contribution in [0.4, 0.5) is 0 Å². The SMILES string of the molecule is CCCNC(Cc1cccc(OC)c1)C(C)C1CC1. The van der Waals surface area contributed by atoms with Crippen LogP contribution in [0.1, 0.15) is 38.7 Å². The highest BCUT2D eigenvalue weighted by molar-refractivity contribution is 5.29. The van der Waals surface area contributed by atoms with E-state index >= 15 is 0 Å². The summed E-state index contributed by atoms with van der Waals surface area (Å²) in [6, 6.07) is 9.08. The molecule has 106 valence electrons. The van der Waals surface area contributed by atoms with Crippen molar-refractivity contribution in [2.75, 3.05) is 13.7 Å². The lowest BCUT2D eigenvalue weighted by Gasteiger charge is -2.25. The number of hydrogen-bond donors (Lipinski definition) is 1. The van der Waals surface area contributed by atoms with Crippen LogP contribution in [-0.2, 0) is 6.42 Å². The molecule has 0 spiro atoms. The van der Waals surface area contributed by atoms with Crippen LogP contribution in [0.15, 0.2) is 24.3 Å². The van der Waals surface area contributed by atoms with Crippen molar-refractivity contribution in [3.63, 3.8) is 0 Å². The van der Waals surface area contributed by atoms with Gasteiger partial charge in [-0.25, -0.2) is 0 Å². The first kappa shape index (κ1) is 14.4. The van der Waals surface area contributed by atoms with Gasteiger partial charge in [-0.15, -0.1) is 0 Å². The van der Waals surface area contributed by atoms with Crippen LogP contribution < -0.4 is 10.1 Å². The van der Waals surface area contributed by atoms with Crippen molar-refractivity contribution in [3.8, 4) is 5.75 Å². The number of rotatable bonds is 8. The summed E-state index contributed by atoms with van der Waals surface area (Å²) in [4.78, 5) is 0. The summed E-state index contributed by atoms with van der Waals surface area (Å²) < 4.78 is 5.32. The minimum atomic E-state index is 0.597. The Labute approximate surface area is 117 Å². The van der Waals surface area contributed by atoms with Gasteiger partial charge in [-0.1, -0.05) is 26.0 Å². The van der Waals surface area contributed by atoms with Crippen LogP contribution in [0.5, 0.6) is 5.75 Å². The van der Waals surface area contributed by atoms with E-state index in [0.717, 1.165) is 30.6 Å². The van der Waals surface area contributed by atoms with Gasteiger partial charge >= 0.3 is 0 Å². The zero-order chi connectivity index (χ0) is 13.7.